The monoisotopic (exact) mass is 125 g/mol. The minimum absolute atomic E-state index is 1.09. The minimum Gasteiger partial charge on any atom is -0.338 e. The van der Waals surface area contributed by atoms with Crippen LogP contribution in [0, 0.1) is 6.55 Å². The molecule has 0 aliphatic carbocycles. The molecule has 1 heterocycles. The molecular formula is C7H13Si-. The second-order valence-electron chi connectivity index (χ2n) is 3.02. The van der Waals surface area contributed by atoms with E-state index in [4.69, 9.17) is 0 Å². The molecule has 1 unspecified atom stereocenters. The third-order valence-electron chi connectivity index (χ3n) is 2.06. The molecule has 1 rings (SSSR count). The zero-order valence-corrected chi connectivity index (χ0v) is 6.54. The van der Waals surface area contributed by atoms with Gasteiger partial charge in [0.15, 0.2) is 0 Å². The number of hydrogen-bond donors (Lipinski definition) is 0. The van der Waals surface area contributed by atoms with Crippen molar-refractivity contribution in [3.05, 3.63) is 18.3 Å². The molecule has 1 fully saturated rings. The van der Waals surface area contributed by atoms with Gasteiger partial charge in [0.25, 0.3) is 0 Å². The highest BCUT2D eigenvalue weighted by Crippen LogP contribution is 2.31. The summed E-state index contributed by atoms with van der Waals surface area (Å²) in [6, 6.07) is 1.37. The van der Waals surface area contributed by atoms with E-state index in [9.17, 15) is 0 Å². The van der Waals surface area contributed by atoms with Crippen molar-refractivity contribution in [2.75, 3.05) is 0 Å². The third-order valence-corrected chi connectivity index (χ3v) is 5.47. The van der Waals surface area contributed by atoms with Gasteiger partial charge in [0.1, 0.15) is 0 Å². The molecule has 46 valence electrons. The molecule has 8 heavy (non-hydrogen) atoms. The highest BCUT2D eigenvalue weighted by atomic mass is 28.3. The van der Waals surface area contributed by atoms with Gasteiger partial charge in [0.05, 0.1) is 0 Å². The Labute approximate surface area is 52.6 Å². The second kappa shape index (κ2) is 1.73. The van der Waals surface area contributed by atoms with E-state index in [1.807, 2.05) is 0 Å². The Morgan fingerprint density at radius 2 is 2.38 bits per heavy atom. The normalized spacial score (nSPS) is 38.5. The highest BCUT2D eigenvalue weighted by molar-refractivity contribution is 6.87. The van der Waals surface area contributed by atoms with Crippen molar-refractivity contribution in [1.29, 1.82) is 0 Å². The third kappa shape index (κ3) is 0.872. The fourth-order valence-electron chi connectivity index (χ4n) is 1.17. The van der Waals surface area contributed by atoms with Crippen LogP contribution in [-0.4, -0.2) is 8.07 Å². The molecule has 0 spiro atoms. The summed E-state index contributed by atoms with van der Waals surface area (Å²) in [5.41, 5.74) is 0. The Hall–Kier alpha value is -0.0431. The van der Waals surface area contributed by atoms with Gasteiger partial charge in [-0.2, -0.15) is 0 Å². The molecule has 0 saturated carbocycles. The average molecular weight is 125 g/mol. The molecule has 1 heteroatoms. The maximum Gasteiger partial charge on any atom is -0.0388 e. The Kier molecular flexibility index (Phi) is 1.31. The molecule has 1 saturated heterocycles. The molecule has 1 aliphatic heterocycles. The Morgan fingerprint density at radius 1 is 1.75 bits per heavy atom. The lowest BCUT2D eigenvalue weighted by atomic mass is 10.3. The van der Waals surface area contributed by atoms with Crippen molar-refractivity contribution in [1.82, 2.24) is 0 Å². The van der Waals surface area contributed by atoms with Gasteiger partial charge in [-0.3, -0.25) is 0 Å². The summed E-state index contributed by atoms with van der Waals surface area (Å²) in [4.78, 5) is 0. The number of rotatable bonds is 0. The topological polar surface area (TPSA) is 0 Å². The lowest BCUT2D eigenvalue weighted by Gasteiger charge is -2.24. The summed E-state index contributed by atoms with van der Waals surface area (Å²) < 4.78 is 0. The summed E-state index contributed by atoms with van der Waals surface area (Å²) in [6.07, 6.45) is 2.61. The number of hydrogen-bond acceptors (Lipinski definition) is 0. The Balaban J connectivity index is 2.68. The van der Waals surface area contributed by atoms with Crippen LogP contribution in [-0.2, 0) is 0 Å². The summed E-state index contributed by atoms with van der Waals surface area (Å²) in [6.45, 7) is 10.5. The van der Waals surface area contributed by atoms with Crippen LogP contribution in [0.5, 0.6) is 0 Å². The first-order valence-electron chi connectivity index (χ1n) is 3.16. The summed E-state index contributed by atoms with van der Waals surface area (Å²) >= 11 is 0. The Bertz CT molecular complexity index is 114. The number of allylic oxidation sites excluding steroid dienone is 1. The molecule has 1 atom stereocenters. The lowest BCUT2D eigenvalue weighted by Crippen LogP contribution is -2.22. The van der Waals surface area contributed by atoms with Gasteiger partial charge in [-0.25, -0.2) is 0 Å². The first kappa shape index (κ1) is 6.08. The molecule has 0 nitrogen and oxygen atoms in total. The van der Waals surface area contributed by atoms with E-state index in [0.29, 0.717) is 0 Å². The molecule has 1 aliphatic rings. The van der Waals surface area contributed by atoms with Crippen molar-refractivity contribution in [3.8, 4) is 0 Å². The summed E-state index contributed by atoms with van der Waals surface area (Å²) in [5.74, 6) is 0. The van der Waals surface area contributed by atoms with Crippen LogP contribution in [0.4, 0.5) is 0 Å². The summed E-state index contributed by atoms with van der Waals surface area (Å²) in [7, 11) is -1.09. The van der Waals surface area contributed by atoms with Gasteiger partial charge in [-0.05, 0) is 6.42 Å². The first-order valence-corrected chi connectivity index (χ1v) is 6.08. The van der Waals surface area contributed by atoms with Crippen LogP contribution in [0.15, 0.2) is 11.8 Å². The van der Waals surface area contributed by atoms with Crippen LogP contribution in [0.2, 0.25) is 12.6 Å². The molecule has 0 bridgehead atoms. The predicted octanol–water partition coefficient (Wildman–Crippen LogP) is 2.33. The zero-order chi connectivity index (χ0) is 6.20. The van der Waals surface area contributed by atoms with E-state index < -0.39 is 8.07 Å². The van der Waals surface area contributed by atoms with Gasteiger partial charge in [0, 0.05) is 0 Å². The average Bonchev–Trinajstić information content (AvgIpc) is 1.86. The van der Waals surface area contributed by atoms with Crippen molar-refractivity contribution in [3.63, 3.8) is 0 Å². The van der Waals surface area contributed by atoms with E-state index >= 15 is 0 Å². The SMILES string of the molecule is C=C1CCC[Si]1([CH2-])C. The Morgan fingerprint density at radius 3 is 2.50 bits per heavy atom. The maximum absolute atomic E-state index is 4.19. The molecule has 0 aromatic rings. The maximum atomic E-state index is 4.19. The molecule has 0 radical (unpaired) electrons. The van der Waals surface area contributed by atoms with Crippen molar-refractivity contribution < 1.29 is 0 Å². The van der Waals surface area contributed by atoms with E-state index in [1.54, 1.807) is 0 Å². The molecule has 0 N–H and O–H groups in total. The molecule has 0 amide bonds. The van der Waals surface area contributed by atoms with Crippen LogP contribution in [0.3, 0.4) is 0 Å². The van der Waals surface area contributed by atoms with Crippen molar-refractivity contribution in [2.24, 2.45) is 0 Å². The van der Waals surface area contributed by atoms with Gasteiger partial charge >= 0.3 is 0 Å². The molecular weight excluding hydrogens is 112 g/mol. The lowest BCUT2D eigenvalue weighted by molar-refractivity contribution is 0.986. The zero-order valence-electron chi connectivity index (χ0n) is 5.54. The van der Waals surface area contributed by atoms with Crippen LogP contribution in [0.25, 0.3) is 0 Å². The highest BCUT2D eigenvalue weighted by Gasteiger charge is 2.21. The van der Waals surface area contributed by atoms with Crippen LogP contribution < -0.4 is 0 Å². The van der Waals surface area contributed by atoms with E-state index in [2.05, 4.69) is 19.7 Å². The molecule has 0 aromatic carbocycles. The smallest absolute Gasteiger partial charge is 0.0388 e. The van der Waals surface area contributed by atoms with Gasteiger partial charge in [0.2, 0.25) is 0 Å². The summed E-state index contributed by atoms with van der Waals surface area (Å²) in [5, 5.41) is 1.47. The van der Waals surface area contributed by atoms with Gasteiger partial charge < -0.3 is 6.55 Å². The van der Waals surface area contributed by atoms with Crippen LogP contribution >= 0.6 is 0 Å². The predicted molar refractivity (Wildman–Crippen MR) is 40.2 cm³/mol. The van der Waals surface area contributed by atoms with Crippen LogP contribution in [0.1, 0.15) is 12.8 Å². The van der Waals surface area contributed by atoms with Gasteiger partial charge in [-0.1, -0.05) is 27.1 Å². The van der Waals surface area contributed by atoms with Crippen molar-refractivity contribution >= 4 is 8.07 Å². The van der Waals surface area contributed by atoms with Crippen molar-refractivity contribution in [2.45, 2.75) is 25.4 Å². The largest absolute Gasteiger partial charge is 0.338 e. The van der Waals surface area contributed by atoms with E-state index in [-0.39, 0.29) is 0 Å². The fraction of sp³-hybridized carbons (Fsp3) is 0.571. The standard InChI is InChI=1S/C7H13Si/c1-7-5-4-6-8(7,2)3/h1-2,4-6H2,3H3/q-1. The van der Waals surface area contributed by atoms with E-state index in [0.717, 1.165) is 0 Å². The first-order chi connectivity index (χ1) is 3.63. The van der Waals surface area contributed by atoms with E-state index in [1.165, 1.54) is 24.1 Å². The minimum atomic E-state index is -1.09. The second-order valence-corrected chi connectivity index (χ2v) is 7.35. The quantitative estimate of drug-likeness (QED) is 0.344. The fourth-order valence-corrected chi connectivity index (χ4v) is 3.26. The van der Waals surface area contributed by atoms with Gasteiger partial charge in [-0.15, -0.1) is 11.8 Å². The molecule has 0 aromatic heterocycles.